The molecule has 1 aromatic carbocycles. The normalized spacial score (nSPS) is 34.4. The summed E-state index contributed by atoms with van der Waals surface area (Å²) in [6.45, 7) is 11.2. The lowest BCUT2D eigenvalue weighted by atomic mass is 9.83. The minimum absolute atomic E-state index is 0.00201. The smallest absolute Gasteiger partial charge is 0.409 e. The molecule has 7 unspecified atom stereocenters. The van der Waals surface area contributed by atoms with Crippen molar-refractivity contribution in [2.75, 3.05) is 26.2 Å². The highest BCUT2D eigenvalue weighted by molar-refractivity contribution is 6.35. The van der Waals surface area contributed by atoms with Crippen LogP contribution in [0.2, 0.25) is 5.02 Å². The van der Waals surface area contributed by atoms with Gasteiger partial charge in [-0.3, -0.25) is 14.9 Å². The predicted molar refractivity (Wildman–Crippen MR) is 173 cm³/mol. The molecule has 2 amide bonds. The van der Waals surface area contributed by atoms with Crippen LogP contribution in [0.4, 0.5) is 10.5 Å². The molecule has 3 aliphatic heterocycles. The Bertz CT molecular complexity index is 1400. The number of allylic oxidation sites excluding steroid dienone is 3. The summed E-state index contributed by atoms with van der Waals surface area (Å²) in [7, 11) is 4.58. The first-order chi connectivity index (χ1) is 21.5. The predicted octanol–water partition coefficient (Wildman–Crippen LogP) is 4.96. The second kappa shape index (κ2) is 13.9. The first kappa shape index (κ1) is 35.7. The first-order valence-corrected chi connectivity index (χ1v) is 16.0. The van der Waals surface area contributed by atoms with Crippen LogP contribution in [0.15, 0.2) is 35.9 Å². The lowest BCUT2D eigenvalue weighted by Crippen LogP contribution is -2.63. The van der Waals surface area contributed by atoms with Crippen molar-refractivity contribution in [2.45, 2.75) is 96.5 Å². The molecule has 254 valence electrons. The number of nitrogens with one attached hydrogen (secondary N) is 1. The topological polar surface area (TPSA) is 136 Å². The van der Waals surface area contributed by atoms with Crippen LogP contribution in [0, 0.1) is 17.8 Å². The number of benzene rings is 1. The van der Waals surface area contributed by atoms with Gasteiger partial charge in [-0.05, 0) is 43.9 Å². The number of hydrogen-bond acceptors (Lipinski definition) is 9. The fourth-order valence-corrected chi connectivity index (χ4v) is 6.44. The number of carbonyl (C=O) groups is 3. The van der Waals surface area contributed by atoms with Gasteiger partial charge in [-0.1, -0.05) is 63.1 Å². The van der Waals surface area contributed by atoms with Crippen LogP contribution in [0.25, 0.3) is 0 Å². The average molecular weight is 663 g/mol. The van der Waals surface area contributed by atoms with E-state index in [1.165, 1.54) is 19.1 Å². The van der Waals surface area contributed by atoms with E-state index in [2.05, 4.69) is 5.32 Å². The molecule has 2 N–H and O–H groups in total. The van der Waals surface area contributed by atoms with Crippen LogP contribution in [0.5, 0.6) is 5.75 Å². The van der Waals surface area contributed by atoms with Crippen molar-refractivity contribution in [1.82, 2.24) is 5.32 Å². The van der Waals surface area contributed by atoms with Gasteiger partial charge in [0.2, 0.25) is 5.91 Å². The number of ether oxygens (including phenoxy) is 5. The van der Waals surface area contributed by atoms with E-state index in [-0.39, 0.29) is 29.7 Å². The van der Waals surface area contributed by atoms with Gasteiger partial charge in [0.05, 0.1) is 31.2 Å². The molecule has 1 aromatic rings. The zero-order chi connectivity index (χ0) is 34.1. The molecule has 11 nitrogen and oxygen atoms in total. The summed E-state index contributed by atoms with van der Waals surface area (Å²) in [5.41, 5.74) is -0.601. The van der Waals surface area contributed by atoms with Gasteiger partial charge in [-0.15, -0.1) is 0 Å². The van der Waals surface area contributed by atoms with Gasteiger partial charge in [0.15, 0.2) is 5.72 Å². The molecule has 4 rings (SSSR count). The molecule has 46 heavy (non-hydrogen) atoms. The Morgan fingerprint density at radius 3 is 2.54 bits per heavy atom. The van der Waals surface area contributed by atoms with Crippen molar-refractivity contribution in [3.8, 4) is 5.75 Å². The standard InChI is InChI=1S/C34H47ClN2O9/c1-18(2)20(4)31(39)45-27-16-28(38)37(7)23-14-22(15-24(42-8)29(23)35)13-19(3)11-10-12-26(43-9)34(41)17-25(44-32(40)36-34)21(5)30-33(27,6)46-30/h10-12,14-15,18,20-21,25-27,30,41H,13,16-17H2,1-9H3,(H,36,40)/b12-10+,19-11+/t20-,21?,25?,26?,27?,30?,33?,34?/m1/s1. The van der Waals surface area contributed by atoms with Crippen LogP contribution in [-0.2, 0) is 35.0 Å². The molecular formula is C34H47ClN2O9. The van der Waals surface area contributed by atoms with Gasteiger partial charge in [0.1, 0.15) is 34.7 Å². The highest BCUT2D eigenvalue weighted by Gasteiger charge is 2.64. The Kier molecular flexibility index (Phi) is 10.8. The molecule has 0 saturated carbocycles. The van der Waals surface area contributed by atoms with Gasteiger partial charge in [0.25, 0.3) is 0 Å². The maximum absolute atomic E-state index is 13.9. The number of hydrogen-bond donors (Lipinski definition) is 2. The summed E-state index contributed by atoms with van der Waals surface area (Å²) in [6, 6.07) is 3.64. The number of epoxide rings is 1. The summed E-state index contributed by atoms with van der Waals surface area (Å²) in [5, 5.41) is 14.4. The van der Waals surface area contributed by atoms with Crippen LogP contribution >= 0.6 is 11.6 Å². The van der Waals surface area contributed by atoms with Gasteiger partial charge in [-0.25, -0.2) is 4.79 Å². The van der Waals surface area contributed by atoms with Crippen molar-refractivity contribution in [1.29, 1.82) is 0 Å². The lowest BCUT2D eigenvalue weighted by molar-refractivity contribution is -0.159. The Balaban J connectivity index is 1.80. The molecule has 0 aromatic heterocycles. The Hall–Kier alpha value is -3.12. The lowest BCUT2D eigenvalue weighted by Gasteiger charge is -2.42. The highest BCUT2D eigenvalue weighted by Crippen LogP contribution is 2.49. The van der Waals surface area contributed by atoms with Crippen molar-refractivity contribution < 1.29 is 43.2 Å². The van der Waals surface area contributed by atoms with Crippen molar-refractivity contribution in [3.05, 3.63) is 46.5 Å². The van der Waals surface area contributed by atoms with Crippen LogP contribution in [0.1, 0.15) is 59.9 Å². The molecule has 0 radical (unpaired) electrons. The Morgan fingerprint density at radius 1 is 1.22 bits per heavy atom. The molecule has 3 heterocycles. The number of alkyl carbamates (subject to hydrolysis) is 1. The Labute approximate surface area is 276 Å². The maximum atomic E-state index is 13.9. The third-order valence-corrected chi connectivity index (χ3v) is 9.96. The highest BCUT2D eigenvalue weighted by atomic mass is 35.5. The van der Waals surface area contributed by atoms with Gasteiger partial charge in [0, 0.05) is 26.5 Å². The van der Waals surface area contributed by atoms with Gasteiger partial charge < -0.3 is 33.7 Å². The van der Waals surface area contributed by atoms with Crippen molar-refractivity contribution >= 4 is 35.3 Å². The Morgan fingerprint density at radius 2 is 1.91 bits per heavy atom. The molecule has 8 atom stereocenters. The van der Waals surface area contributed by atoms with E-state index >= 15 is 0 Å². The number of nitrogens with zero attached hydrogens (tertiary/aromatic N) is 1. The third-order valence-electron chi connectivity index (χ3n) is 9.58. The zero-order valence-electron chi connectivity index (χ0n) is 28.1. The van der Waals surface area contributed by atoms with E-state index in [9.17, 15) is 19.5 Å². The van der Waals surface area contributed by atoms with Crippen molar-refractivity contribution in [3.63, 3.8) is 0 Å². The zero-order valence-corrected chi connectivity index (χ0v) is 28.8. The summed E-state index contributed by atoms with van der Waals surface area (Å²) in [5.74, 6) is -1.24. The minimum atomic E-state index is -1.77. The number of anilines is 1. The van der Waals surface area contributed by atoms with E-state index < -0.39 is 59.6 Å². The molecular weight excluding hydrogens is 616 g/mol. The molecule has 2 saturated heterocycles. The van der Waals surface area contributed by atoms with Crippen LogP contribution < -0.4 is 15.0 Å². The molecule has 0 aliphatic carbocycles. The summed E-state index contributed by atoms with van der Waals surface area (Å²) in [4.78, 5) is 41.3. The van der Waals surface area contributed by atoms with Gasteiger partial charge >= 0.3 is 12.1 Å². The number of fused-ring (bicyclic) bond motifs is 5. The fraction of sp³-hybridized carbons (Fsp3) is 0.618. The number of aliphatic hydroxyl groups is 1. The summed E-state index contributed by atoms with van der Waals surface area (Å²) >= 11 is 6.72. The maximum Gasteiger partial charge on any atom is 0.409 e. The SMILES string of the molecule is COc1cc2cc(c1Cl)N(C)C(=O)CC(OC(=O)[C@H](C)C(C)C)C1(C)OC1C(C)C1CC(O)(NC(=O)O1)C(OC)/C=C/C=C(\C)C2. The third kappa shape index (κ3) is 7.38. The molecule has 4 bridgehead atoms. The summed E-state index contributed by atoms with van der Waals surface area (Å²) in [6.07, 6.45) is 1.63. The number of methoxy groups -OCH3 is 2. The van der Waals surface area contributed by atoms with E-state index in [4.69, 9.17) is 35.3 Å². The monoisotopic (exact) mass is 662 g/mol. The number of amides is 2. The quantitative estimate of drug-likeness (QED) is 0.331. The van der Waals surface area contributed by atoms with Crippen LogP contribution in [0.3, 0.4) is 0 Å². The molecule has 3 aliphatic rings. The van der Waals surface area contributed by atoms with E-state index in [1.54, 1.807) is 33.0 Å². The molecule has 0 spiro atoms. The number of esters is 1. The largest absolute Gasteiger partial charge is 0.495 e. The van der Waals surface area contributed by atoms with Crippen LogP contribution in [-0.4, -0.2) is 80.1 Å². The molecule has 12 heteroatoms. The minimum Gasteiger partial charge on any atom is -0.495 e. The van der Waals surface area contributed by atoms with E-state index in [0.29, 0.717) is 17.9 Å². The second-order valence-electron chi connectivity index (χ2n) is 13.3. The van der Waals surface area contributed by atoms with E-state index in [0.717, 1.165) is 11.1 Å². The first-order valence-electron chi connectivity index (χ1n) is 15.6. The van der Waals surface area contributed by atoms with E-state index in [1.807, 2.05) is 45.9 Å². The fourth-order valence-electron chi connectivity index (χ4n) is 6.13. The summed E-state index contributed by atoms with van der Waals surface area (Å²) < 4.78 is 29.1. The number of halogens is 1. The molecule has 2 fully saturated rings. The average Bonchev–Trinajstić information content (AvgIpc) is 3.69. The second-order valence-corrected chi connectivity index (χ2v) is 13.6. The number of carbonyl (C=O) groups excluding carboxylic acids is 3. The number of rotatable bonds is 5. The van der Waals surface area contributed by atoms with Crippen molar-refractivity contribution in [2.24, 2.45) is 17.8 Å². The van der Waals surface area contributed by atoms with Gasteiger partial charge in [-0.2, -0.15) is 0 Å².